The van der Waals surface area contributed by atoms with Crippen LogP contribution in [0, 0.1) is 0 Å². The van der Waals surface area contributed by atoms with Crippen LogP contribution in [0.3, 0.4) is 0 Å². The SMILES string of the molecule is O=C(COc1ccc2ccccc2c1)Nc1ccc2c(c1)N(S(=O)(=O)c1cccs1)CCC2. The number of hydrogen-bond acceptors (Lipinski definition) is 5. The number of carbonyl (C=O) groups is 1. The van der Waals surface area contributed by atoms with Gasteiger partial charge in [-0.25, -0.2) is 8.42 Å². The molecule has 1 aromatic heterocycles. The molecule has 0 atom stereocenters. The first kappa shape index (κ1) is 21.5. The molecule has 3 aromatic carbocycles. The number of aryl methyl sites for hydroxylation is 1. The van der Waals surface area contributed by atoms with E-state index >= 15 is 0 Å². The summed E-state index contributed by atoms with van der Waals surface area (Å²) in [6, 6.07) is 22.4. The van der Waals surface area contributed by atoms with Gasteiger partial charge in [-0.1, -0.05) is 42.5 Å². The Labute approximate surface area is 196 Å². The largest absolute Gasteiger partial charge is 0.484 e. The van der Waals surface area contributed by atoms with Gasteiger partial charge < -0.3 is 10.1 Å². The van der Waals surface area contributed by atoms with Gasteiger partial charge in [0.25, 0.3) is 15.9 Å². The zero-order chi connectivity index (χ0) is 22.8. The Kier molecular flexibility index (Phi) is 5.78. The molecule has 0 aliphatic carbocycles. The Hall–Kier alpha value is -3.36. The van der Waals surface area contributed by atoms with Gasteiger partial charge in [-0.15, -0.1) is 11.3 Å². The maximum Gasteiger partial charge on any atom is 0.273 e. The number of carbonyl (C=O) groups excluding carboxylic acids is 1. The molecule has 0 bridgehead atoms. The molecule has 2 heterocycles. The van der Waals surface area contributed by atoms with E-state index < -0.39 is 10.0 Å². The van der Waals surface area contributed by atoms with Crippen molar-refractivity contribution in [3.05, 3.63) is 83.7 Å². The minimum absolute atomic E-state index is 0.146. The van der Waals surface area contributed by atoms with Crippen LogP contribution in [0.25, 0.3) is 10.8 Å². The number of benzene rings is 3. The number of amides is 1. The van der Waals surface area contributed by atoms with E-state index in [1.807, 2.05) is 48.5 Å². The van der Waals surface area contributed by atoms with Crippen LogP contribution in [-0.4, -0.2) is 27.5 Å². The molecule has 1 amide bonds. The summed E-state index contributed by atoms with van der Waals surface area (Å²) < 4.78 is 33.7. The van der Waals surface area contributed by atoms with Crippen molar-refractivity contribution in [2.24, 2.45) is 0 Å². The molecule has 168 valence electrons. The number of anilines is 2. The highest BCUT2D eigenvalue weighted by molar-refractivity contribution is 7.94. The standard InChI is InChI=1S/C25H22N2O4S2/c28-24(17-31-22-12-10-18-5-1-2-6-20(18)15-22)26-21-11-9-19-7-3-13-27(23(19)16-21)33(29,30)25-8-4-14-32-25/h1-2,4-6,8-12,14-16H,3,7,13,17H2,(H,26,28). The van der Waals surface area contributed by atoms with Crippen LogP contribution in [0.5, 0.6) is 5.75 Å². The highest BCUT2D eigenvalue weighted by Gasteiger charge is 2.30. The average Bonchev–Trinajstić information content (AvgIpc) is 3.38. The molecule has 0 unspecified atom stereocenters. The summed E-state index contributed by atoms with van der Waals surface area (Å²) >= 11 is 1.20. The van der Waals surface area contributed by atoms with Crippen LogP contribution in [0.15, 0.2) is 82.4 Å². The molecule has 0 saturated carbocycles. The summed E-state index contributed by atoms with van der Waals surface area (Å²) in [5.41, 5.74) is 2.10. The lowest BCUT2D eigenvalue weighted by Crippen LogP contribution is -2.35. The van der Waals surface area contributed by atoms with Crippen molar-refractivity contribution in [2.75, 3.05) is 22.8 Å². The fraction of sp³-hybridized carbons (Fsp3) is 0.160. The molecule has 0 radical (unpaired) electrons. The smallest absolute Gasteiger partial charge is 0.273 e. The molecule has 1 aliphatic rings. The van der Waals surface area contributed by atoms with E-state index in [1.54, 1.807) is 29.6 Å². The van der Waals surface area contributed by atoms with Crippen LogP contribution < -0.4 is 14.4 Å². The molecule has 6 nitrogen and oxygen atoms in total. The summed E-state index contributed by atoms with van der Waals surface area (Å²) in [4.78, 5) is 12.5. The minimum atomic E-state index is -3.63. The fourth-order valence-electron chi connectivity index (χ4n) is 3.99. The summed E-state index contributed by atoms with van der Waals surface area (Å²) in [6.07, 6.45) is 1.55. The lowest BCUT2D eigenvalue weighted by molar-refractivity contribution is -0.118. The molecule has 33 heavy (non-hydrogen) atoms. The van der Waals surface area contributed by atoms with Gasteiger partial charge in [0.1, 0.15) is 9.96 Å². The van der Waals surface area contributed by atoms with Crippen LogP contribution in [-0.2, 0) is 21.2 Å². The number of nitrogens with zero attached hydrogens (tertiary/aromatic N) is 1. The lowest BCUT2D eigenvalue weighted by atomic mass is 10.0. The first-order valence-electron chi connectivity index (χ1n) is 10.6. The Morgan fingerprint density at radius 2 is 1.85 bits per heavy atom. The van der Waals surface area contributed by atoms with Crippen LogP contribution in [0.2, 0.25) is 0 Å². The number of fused-ring (bicyclic) bond motifs is 2. The predicted molar refractivity (Wildman–Crippen MR) is 132 cm³/mol. The summed E-state index contributed by atoms with van der Waals surface area (Å²) in [6.45, 7) is 0.266. The van der Waals surface area contributed by atoms with Gasteiger partial charge in [-0.05, 0) is 64.9 Å². The number of rotatable bonds is 6. The number of ether oxygens (including phenoxy) is 1. The summed E-state index contributed by atoms with van der Waals surface area (Å²) in [5.74, 6) is 0.300. The number of sulfonamides is 1. The maximum atomic E-state index is 13.1. The van der Waals surface area contributed by atoms with Crippen molar-refractivity contribution in [3.8, 4) is 5.75 Å². The van der Waals surface area contributed by atoms with Crippen molar-refractivity contribution in [2.45, 2.75) is 17.1 Å². The van der Waals surface area contributed by atoms with Gasteiger partial charge in [-0.3, -0.25) is 9.10 Å². The van der Waals surface area contributed by atoms with Crippen molar-refractivity contribution < 1.29 is 17.9 Å². The predicted octanol–water partition coefficient (Wildman–Crippen LogP) is 5.06. The quantitative estimate of drug-likeness (QED) is 0.420. The monoisotopic (exact) mass is 478 g/mol. The van der Waals surface area contributed by atoms with Crippen LogP contribution in [0.1, 0.15) is 12.0 Å². The maximum absolute atomic E-state index is 13.1. The van der Waals surface area contributed by atoms with Crippen LogP contribution >= 0.6 is 11.3 Å². The van der Waals surface area contributed by atoms with Gasteiger partial charge in [0.2, 0.25) is 0 Å². The first-order valence-corrected chi connectivity index (χ1v) is 12.9. The second-order valence-corrected chi connectivity index (χ2v) is 10.8. The molecule has 8 heteroatoms. The van der Waals surface area contributed by atoms with Crippen molar-refractivity contribution in [1.82, 2.24) is 0 Å². The molecule has 1 N–H and O–H groups in total. The number of nitrogens with one attached hydrogen (secondary N) is 1. The molecule has 0 fully saturated rings. The van der Waals surface area contributed by atoms with Crippen molar-refractivity contribution in [1.29, 1.82) is 0 Å². The Balaban J connectivity index is 1.30. The van der Waals surface area contributed by atoms with Crippen molar-refractivity contribution in [3.63, 3.8) is 0 Å². The molecule has 0 saturated heterocycles. The van der Waals surface area contributed by atoms with E-state index in [-0.39, 0.29) is 12.5 Å². The zero-order valence-corrected chi connectivity index (χ0v) is 19.4. The fourth-order valence-corrected chi connectivity index (χ4v) is 6.63. The lowest BCUT2D eigenvalue weighted by Gasteiger charge is -2.30. The molecule has 4 aromatic rings. The number of hydrogen-bond donors (Lipinski definition) is 1. The topological polar surface area (TPSA) is 75.7 Å². The molecular weight excluding hydrogens is 456 g/mol. The normalized spacial score (nSPS) is 13.5. The van der Waals surface area contributed by atoms with Gasteiger partial charge in [0, 0.05) is 12.2 Å². The van der Waals surface area contributed by atoms with Crippen LogP contribution in [0.4, 0.5) is 11.4 Å². The Bertz CT molecular complexity index is 1420. The molecule has 0 spiro atoms. The number of thiophene rings is 1. The van der Waals surface area contributed by atoms with Gasteiger partial charge in [0.05, 0.1) is 5.69 Å². The van der Waals surface area contributed by atoms with Crippen molar-refractivity contribution >= 4 is 49.4 Å². The third-order valence-electron chi connectivity index (χ3n) is 5.58. The molecular formula is C25H22N2O4S2. The molecule has 5 rings (SSSR count). The van der Waals surface area contributed by atoms with E-state index in [2.05, 4.69) is 5.32 Å². The summed E-state index contributed by atoms with van der Waals surface area (Å²) in [7, 11) is -3.63. The Morgan fingerprint density at radius 3 is 2.67 bits per heavy atom. The third kappa shape index (κ3) is 4.44. The van der Waals surface area contributed by atoms with E-state index in [0.29, 0.717) is 27.9 Å². The van der Waals surface area contributed by atoms with E-state index in [4.69, 9.17) is 4.74 Å². The first-order chi connectivity index (χ1) is 16.0. The van der Waals surface area contributed by atoms with Gasteiger partial charge >= 0.3 is 0 Å². The second-order valence-electron chi connectivity index (χ2n) is 7.80. The second kappa shape index (κ2) is 8.88. The summed E-state index contributed by atoms with van der Waals surface area (Å²) in [5, 5.41) is 6.72. The van der Waals surface area contributed by atoms with E-state index in [9.17, 15) is 13.2 Å². The van der Waals surface area contributed by atoms with Gasteiger partial charge in [0.15, 0.2) is 6.61 Å². The zero-order valence-electron chi connectivity index (χ0n) is 17.7. The molecule has 1 aliphatic heterocycles. The van der Waals surface area contributed by atoms with E-state index in [1.165, 1.54) is 15.6 Å². The average molecular weight is 479 g/mol. The van der Waals surface area contributed by atoms with Gasteiger partial charge in [-0.2, -0.15) is 0 Å². The Morgan fingerprint density at radius 1 is 1.00 bits per heavy atom. The van der Waals surface area contributed by atoms with E-state index in [0.717, 1.165) is 29.2 Å². The highest BCUT2D eigenvalue weighted by atomic mass is 32.2. The third-order valence-corrected chi connectivity index (χ3v) is 8.76. The minimum Gasteiger partial charge on any atom is -0.484 e. The highest BCUT2D eigenvalue weighted by Crippen LogP contribution is 2.35.